The molecule has 2 fully saturated rings. The SMILES string of the molecule is CCC1(c2ccccc2)C(=O)NC(=O)N(CCCCC(=O)N2CCN(C(=O)CCC(=O)Oc3cc(O)[nH]c3O)CC2)C1=O. The minimum Gasteiger partial charge on any atom is -0.494 e. The number of nitrogens with zero attached hydrogens (tertiary/aromatic N) is 3. The van der Waals surface area contributed by atoms with Crippen LogP contribution < -0.4 is 10.1 Å². The number of unbranched alkanes of at least 4 members (excludes halogenated alkanes) is 1. The number of ether oxygens (including phenoxy) is 1. The van der Waals surface area contributed by atoms with Gasteiger partial charge in [0, 0.05) is 51.6 Å². The topological polar surface area (TPSA) is 190 Å². The second-order valence-corrected chi connectivity index (χ2v) is 10.4. The fourth-order valence-electron chi connectivity index (χ4n) is 5.33. The molecule has 0 aliphatic carbocycles. The molecule has 1 aromatic carbocycles. The van der Waals surface area contributed by atoms with Gasteiger partial charge in [0.2, 0.25) is 23.6 Å². The third-order valence-corrected chi connectivity index (χ3v) is 7.78. The fraction of sp³-hybridized carbons (Fsp3) is 0.448. The third kappa shape index (κ3) is 6.79. The third-order valence-electron chi connectivity index (χ3n) is 7.78. The lowest BCUT2D eigenvalue weighted by molar-refractivity contribution is -0.145. The van der Waals surface area contributed by atoms with Crippen LogP contribution in [-0.2, 0) is 29.4 Å². The number of amides is 6. The maximum atomic E-state index is 13.4. The Balaban J connectivity index is 1.18. The number of hydrogen-bond donors (Lipinski definition) is 4. The van der Waals surface area contributed by atoms with Crippen LogP contribution in [0.1, 0.15) is 51.0 Å². The fourth-order valence-corrected chi connectivity index (χ4v) is 5.33. The molecule has 14 nitrogen and oxygen atoms in total. The van der Waals surface area contributed by atoms with Gasteiger partial charge in [0.25, 0.3) is 5.91 Å². The van der Waals surface area contributed by atoms with E-state index >= 15 is 0 Å². The Kier molecular flexibility index (Phi) is 9.68. The molecule has 0 spiro atoms. The van der Waals surface area contributed by atoms with Crippen LogP contribution in [0.2, 0.25) is 0 Å². The van der Waals surface area contributed by atoms with Gasteiger partial charge in [0.15, 0.2) is 17.0 Å². The Labute approximate surface area is 247 Å². The van der Waals surface area contributed by atoms with Crippen molar-refractivity contribution in [3.8, 4) is 17.5 Å². The molecule has 1 aromatic heterocycles. The number of hydrogen-bond acceptors (Lipinski definition) is 9. The number of H-pyrrole nitrogens is 1. The Morgan fingerprint density at radius 3 is 2.12 bits per heavy atom. The van der Waals surface area contributed by atoms with Gasteiger partial charge in [0.1, 0.15) is 0 Å². The number of carbonyl (C=O) groups excluding carboxylic acids is 6. The van der Waals surface area contributed by atoms with E-state index in [0.29, 0.717) is 44.6 Å². The predicted molar refractivity (Wildman–Crippen MR) is 150 cm³/mol. The number of carbonyl (C=O) groups is 6. The molecule has 2 aliphatic heterocycles. The Morgan fingerprint density at radius 2 is 1.53 bits per heavy atom. The Bertz CT molecular complexity index is 1380. The van der Waals surface area contributed by atoms with Gasteiger partial charge in [-0.3, -0.25) is 39.2 Å². The molecule has 4 rings (SSSR count). The van der Waals surface area contributed by atoms with Gasteiger partial charge in [-0.05, 0) is 24.8 Å². The van der Waals surface area contributed by atoms with Crippen molar-refractivity contribution in [3.05, 3.63) is 42.0 Å². The summed E-state index contributed by atoms with van der Waals surface area (Å²) in [7, 11) is 0. The lowest BCUT2D eigenvalue weighted by Crippen LogP contribution is -2.65. The summed E-state index contributed by atoms with van der Waals surface area (Å²) in [6.45, 7) is 3.06. The number of aromatic nitrogens is 1. The minimum atomic E-state index is -1.49. The van der Waals surface area contributed by atoms with Crippen LogP contribution in [0.25, 0.3) is 0 Å². The summed E-state index contributed by atoms with van der Waals surface area (Å²) in [4.78, 5) is 82.5. The van der Waals surface area contributed by atoms with E-state index in [9.17, 15) is 39.0 Å². The molecule has 2 aliphatic rings. The summed E-state index contributed by atoms with van der Waals surface area (Å²) in [6, 6.07) is 8.91. The van der Waals surface area contributed by atoms with Crippen molar-refractivity contribution in [2.24, 2.45) is 0 Å². The molecular weight excluding hydrogens is 562 g/mol. The lowest BCUT2D eigenvalue weighted by Gasteiger charge is -2.39. The van der Waals surface area contributed by atoms with Gasteiger partial charge in [-0.1, -0.05) is 37.3 Å². The first-order valence-corrected chi connectivity index (χ1v) is 14.2. The molecule has 1 atom stereocenters. The van der Waals surface area contributed by atoms with Crippen molar-refractivity contribution in [1.29, 1.82) is 0 Å². The molecule has 14 heteroatoms. The van der Waals surface area contributed by atoms with Crippen LogP contribution in [0.15, 0.2) is 36.4 Å². The van der Waals surface area contributed by atoms with E-state index in [4.69, 9.17) is 4.74 Å². The highest BCUT2D eigenvalue weighted by Gasteiger charge is 2.53. The van der Waals surface area contributed by atoms with Gasteiger partial charge < -0.3 is 24.7 Å². The maximum Gasteiger partial charge on any atom is 0.330 e. The number of urea groups is 1. The van der Waals surface area contributed by atoms with Crippen LogP contribution in [0, 0.1) is 0 Å². The van der Waals surface area contributed by atoms with Crippen LogP contribution in [-0.4, -0.2) is 98.2 Å². The van der Waals surface area contributed by atoms with Crippen molar-refractivity contribution in [2.45, 2.75) is 50.9 Å². The average Bonchev–Trinajstić information content (AvgIpc) is 3.31. The molecule has 0 saturated carbocycles. The minimum absolute atomic E-state index is 0.0649. The first kappa shape index (κ1) is 31.1. The zero-order chi connectivity index (χ0) is 31.1. The van der Waals surface area contributed by atoms with Gasteiger partial charge in [-0.15, -0.1) is 0 Å². The molecule has 6 amide bonds. The number of esters is 1. The summed E-state index contributed by atoms with van der Waals surface area (Å²) in [5.74, 6) is -3.43. The summed E-state index contributed by atoms with van der Waals surface area (Å²) in [5, 5.41) is 21.1. The van der Waals surface area contributed by atoms with E-state index in [0.717, 1.165) is 11.0 Å². The molecule has 3 heterocycles. The van der Waals surface area contributed by atoms with E-state index in [2.05, 4.69) is 10.3 Å². The van der Waals surface area contributed by atoms with Crippen LogP contribution >= 0.6 is 0 Å². The molecule has 0 bridgehead atoms. The summed E-state index contributed by atoms with van der Waals surface area (Å²) >= 11 is 0. The van der Waals surface area contributed by atoms with E-state index < -0.39 is 35.1 Å². The molecule has 2 aromatic rings. The smallest absolute Gasteiger partial charge is 0.330 e. The molecule has 230 valence electrons. The van der Waals surface area contributed by atoms with Gasteiger partial charge in [-0.2, -0.15) is 0 Å². The Hall–Kier alpha value is -4.88. The second-order valence-electron chi connectivity index (χ2n) is 10.4. The van der Waals surface area contributed by atoms with Crippen molar-refractivity contribution >= 4 is 35.6 Å². The molecule has 4 N–H and O–H groups in total. The number of benzene rings is 1. The monoisotopic (exact) mass is 597 g/mol. The number of nitrogens with one attached hydrogen (secondary N) is 2. The number of aromatic amines is 1. The predicted octanol–water partition coefficient (Wildman–Crippen LogP) is 1.38. The number of imide groups is 2. The van der Waals surface area contributed by atoms with Crippen LogP contribution in [0.3, 0.4) is 0 Å². The first-order chi connectivity index (χ1) is 20.6. The van der Waals surface area contributed by atoms with Crippen molar-refractivity contribution in [3.63, 3.8) is 0 Å². The van der Waals surface area contributed by atoms with Crippen LogP contribution in [0.5, 0.6) is 17.5 Å². The summed E-state index contributed by atoms with van der Waals surface area (Å²) in [5.41, 5.74) is -0.971. The standard InChI is InChI=1S/C29H35N5O9/c1-2-29(19-8-4-3-5-9-19)26(40)31-28(42)34(27(29)41)13-7-6-10-22(36)32-14-16-33(17-15-32)23(37)11-12-24(38)43-20-18-21(35)30-25(20)39/h3-5,8-9,18,30,35,39H,2,6-7,10-17H2,1H3,(H,31,40,42). The van der Waals surface area contributed by atoms with Crippen LogP contribution in [0.4, 0.5) is 4.79 Å². The number of piperazine rings is 1. The average molecular weight is 598 g/mol. The zero-order valence-corrected chi connectivity index (χ0v) is 23.8. The zero-order valence-electron chi connectivity index (χ0n) is 23.8. The largest absolute Gasteiger partial charge is 0.494 e. The molecule has 2 saturated heterocycles. The Morgan fingerprint density at radius 1 is 0.907 bits per heavy atom. The van der Waals surface area contributed by atoms with Gasteiger partial charge >= 0.3 is 12.0 Å². The number of barbiturate groups is 1. The van der Waals surface area contributed by atoms with Crippen molar-refractivity contribution in [2.75, 3.05) is 32.7 Å². The van der Waals surface area contributed by atoms with E-state index in [1.807, 2.05) is 0 Å². The highest BCUT2D eigenvalue weighted by molar-refractivity contribution is 6.22. The first-order valence-electron chi connectivity index (χ1n) is 14.2. The summed E-state index contributed by atoms with van der Waals surface area (Å²) in [6.07, 6.45) is 0.849. The molecule has 0 radical (unpaired) electrons. The van der Waals surface area contributed by atoms with Gasteiger partial charge in [0.05, 0.1) is 6.42 Å². The lowest BCUT2D eigenvalue weighted by atomic mass is 9.74. The number of rotatable bonds is 11. The van der Waals surface area contributed by atoms with E-state index in [1.54, 1.807) is 47.1 Å². The second kappa shape index (κ2) is 13.4. The quantitative estimate of drug-likeness (QED) is 0.168. The molecule has 43 heavy (non-hydrogen) atoms. The highest BCUT2D eigenvalue weighted by Crippen LogP contribution is 2.34. The van der Waals surface area contributed by atoms with Gasteiger partial charge in [-0.25, -0.2) is 4.79 Å². The molecule has 1 unspecified atom stereocenters. The normalized spacial score (nSPS) is 18.9. The maximum absolute atomic E-state index is 13.4. The van der Waals surface area contributed by atoms with Crippen molar-refractivity contribution < 1.29 is 43.7 Å². The summed E-state index contributed by atoms with van der Waals surface area (Å²) < 4.78 is 4.93. The van der Waals surface area contributed by atoms with E-state index in [-0.39, 0.29) is 55.7 Å². The van der Waals surface area contributed by atoms with Crippen molar-refractivity contribution in [1.82, 2.24) is 25.0 Å². The highest BCUT2D eigenvalue weighted by atomic mass is 16.5. The number of aromatic hydroxyl groups is 2. The van der Waals surface area contributed by atoms with E-state index in [1.165, 1.54) is 0 Å². The molecular formula is C29H35N5O9.